The second kappa shape index (κ2) is 11.6. The molecule has 29 heavy (non-hydrogen) atoms. The number of rotatable bonds is 8. The molecule has 0 unspecified atom stereocenters. The Bertz CT molecular complexity index is 899. The van der Waals surface area contributed by atoms with Crippen LogP contribution in [0, 0.1) is 13.8 Å². The predicted octanol–water partition coefficient (Wildman–Crippen LogP) is 3.10. The number of guanidine groups is 1. The highest BCUT2D eigenvalue weighted by molar-refractivity contribution is 14.0. The molecule has 0 spiro atoms. The van der Waals surface area contributed by atoms with Crippen molar-refractivity contribution in [2.75, 3.05) is 20.1 Å². The van der Waals surface area contributed by atoms with Gasteiger partial charge in [-0.25, -0.2) is 4.68 Å². The van der Waals surface area contributed by atoms with E-state index in [0.717, 1.165) is 49.8 Å². The maximum Gasteiger partial charge on any atom is 0.190 e. The summed E-state index contributed by atoms with van der Waals surface area (Å²) in [6.45, 7) is 6.68. The lowest BCUT2D eigenvalue weighted by Gasteiger charge is -2.11. The minimum atomic E-state index is 0. The van der Waals surface area contributed by atoms with Crippen LogP contribution in [0.15, 0.2) is 53.8 Å². The summed E-state index contributed by atoms with van der Waals surface area (Å²) in [6.07, 6.45) is 5.87. The Balaban J connectivity index is 0.00000300. The van der Waals surface area contributed by atoms with Crippen LogP contribution in [0.5, 0.6) is 0 Å². The van der Waals surface area contributed by atoms with Gasteiger partial charge in [0.1, 0.15) is 0 Å². The van der Waals surface area contributed by atoms with Gasteiger partial charge in [0.2, 0.25) is 0 Å². The van der Waals surface area contributed by atoms with E-state index in [2.05, 4.69) is 49.7 Å². The quantitative estimate of drug-likeness (QED) is 0.213. The molecule has 0 aliphatic rings. The van der Waals surface area contributed by atoms with Crippen LogP contribution in [0.1, 0.15) is 23.4 Å². The largest absolute Gasteiger partial charge is 0.356 e. The van der Waals surface area contributed by atoms with Gasteiger partial charge in [0.05, 0.1) is 17.6 Å². The average molecular weight is 507 g/mol. The fourth-order valence-electron chi connectivity index (χ4n) is 3.09. The van der Waals surface area contributed by atoms with E-state index in [0.29, 0.717) is 0 Å². The maximum absolute atomic E-state index is 4.49. The Morgan fingerprint density at radius 1 is 1.10 bits per heavy atom. The molecule has 0 saturated heterocycles. The lowest BCUT2D eigenvalue weighted by atomic mass is 10.2. The third-order valence-electron chi connectivity index (χ3n) is 4.53. The van der Waals surface area contributed by atoms with Crippen molar-refractivity contribution in [2.45, 2.75) is 33.2 Å². The summed E-state index contributed by atoms with van der Waals surface area (Å²) in [6, 6.07) is 12.2. The van der Waals surface area contributed by atoms with E-state index in [1.807, 2.05) is 48.1 Å². The van der Waals surface area contributed by atoms with Crippen LogP contribution in [0.4, 0.5) is 0 Å². The van der Waals surface area contributed by atoms with E-state index in [4.69, 9.17) is 0 Å². The molecule has 0 aliphatic heterocycles. The molecule has 0 saturated carbocycles. The van der Waals surface area contributed by atoms with Gasteiger partial charge < -0.3 is 10.6 Å². The van der Waals surface area contributed by atoms with Crippen molar-refractivity contribution in [3.63, 3.8) is 0 Å². The Morgan fingerprint density at radius 2 is 1.86 bits per heavy atom. The molecule has 0 atom stereocenters. The molecule has 0 fully saturated rings. The van der Waals surface area contributed by atoms with Gasteiger partial charge in [-0.1, -0.05) is 18.2 Å². The van der Waals surface area contributed by atoms with Crippen LogP contribution in [-0.2, 0) is 13.0 Å². The zero-order valence-corrected chi connectivity index (χ0v) is 19.6. The normalized spacial score (nSPS) is 11.2. The van der Waals surface area contributed by atoms with Gasteiger partial charge in [-0.3, -0.25) is 9.67 Å². The smallest absolute Gasteiger partial charge is 0.190 e. The van der Waals surface area contributed by atoms with Crippen LogP contribution in [-0.4, -0.2) is 45.7 Å². The van der Waals surface area contributed by atoms with Crippen molar-refractivity contribution in [2.24, 2.45) is 4.99 Å². The Labute approximate surface area is 189 Å². The Morgan fingerprint density at radius 3 is 2.55 bits per heavy atom. The van der Waals surface area contributed by atoms with Crippen molar-refractivity contribution in [1.29, 1.82) is 0 Å². The first kappa shape index (κ1) is 22.9. The molecule has 3 aromatic rings. The van der Waals surface area contributed by atoms with E-state index >= 15 is 0 Å². The van der Waals surface area contributed by atoms with Crippen molar-refractivity contribution in [3.8, 4) is 5.69 Å². The average Bonchev–Trinajstić information content (AvgIpc) is 3.30. The zero-order valence-electron chi connectivity index (χ0n) is 17.3. The summed E-state index contributed by atoms with van der Waals surface area (Å²) in [4.78, 5) is 4.29. The first-order valence-corrected chi connectivity index (χ1v) is 9.70. The molecule has 2 aromatic heterocycles. The highest BCUT2D eigenvalue weighted by atomic mass is 127. The number of nitrogens with one attached hydrogen (secondary N) is 2. The van der Waals surface area contributed by atoms with E-state index in [1.54, 1.807) is 7.05 Å². The summed E-state index contributed by atoms with van der Waals surface area (Å²) < 4.78 is 3.96. The number of aromatic nitrogens is 4. The van der Waals surface area contributed by atoms with Crippen LogP contribution < -0.4 is 10.6 Å². The zero-order chi connectivity index (χ0) is 19.8. The van der Waals surface area contributed by atoms with Crippen molar-refractivity contribution in [3.05, 3.63) is 65.7 Å². The van der Waals surface area contributed by atoms with Gasteiger partial charge in [0, 0.05) is 38.6 Å². The van der Waals surface area contributed by atoms with Gasteiger partial charge in [-0.2, -0.15) is 10.2 Å². The van der Waals surface area contributed by atoms with Gasteiger partial charge in [0.25, 0.3) is 0 Å². The standard InChI is InChI=1S/C21H29N7.HI/c1-17-14-18(2)27(26-17)13-7-11-23-21(22-3)24-12-10-19-15-25-28(16-19)20-8-5-4-6-9-20;/h4-6,8-9,14-16H,7,10-13H2,1-3H3,(H2,22,23,24);1H. The second-order valence-electron chi connectivity index (χ2n) is 6.81. The highest BCUT2D eigenvalue weighted by Crippen LogP contribution is 2.07. The Kier molecular flexibility index (Phi) is 9.17. The fraction of sp³-hybridized carbons (Fsp3) is 0.381. The van der Waals surface area contributed by atoms with E-state index in [1.165, 1.54) is 11.3 Å². The van der Waals surface area contributed by atoms with Crippen LogP contribution >= 0.6 is 24.0 Å². The van der Waals surface area contributed by atoms with Gasteiger partial charge in [0.15, 0.2) is 5.96 Å². The number of nitrogens with zero attached hydrogens (tertiary/aromatic N) is 5. The topological polar surface area (TPSA) is 72.1 Å². The van der Waals surface area contributed by atoms with E-state index in [-0.39, 0.29) is 24.0 Å². The molecule has 0 radical (unpaired) electrons. The molecule has 3 rings (SSSR count). The van der Waals surface area contributed by atoms with Crippen molar-refractivity contribution < 1.29 is 0 Å². The van der Waals surface area contributed by atoms with Gasteiger partial charge in [-0.15, -0.1) is 24.0 Å². The van der Waals surface area contributed by atoms with Crippen LogP contribution in [0.25, 0.3) is 5.69 Å². The summed E-state index contributed by atoms with van der Waals surface area (Å²) in [5.74, 6) is 0.823. The molecule has 0 bridgehead atoms. The number of hydrogen-bond donors (Lipinski definition) is 2. The first-order valence-electron chi connectivity index (χ1n) is 9.70. The molecular formula is C21H30IN7. The number of para-hydroxylation sites is 1. The fourth-order valence-corrected chi connectivity index (χ4v) is 3.09. The number of halogens is 1. The molecule has 156 valence electrons. The first-order chi connectivity index (χ1) is 13.7. The molecule has 8 heteroatoms. The van der Waals surface area contributed by atoms with Crippen molar-refractivity contribution in [1.82, 2.24) is 30.2 Å². The van der Waals surface area contributed by atoms with E-state index in [9.17, 15) is 0 Å². The lowest BCUT2D eigenvalue weighted by molar-refractivity contribution is 0.555. The Hall–Kier alpha value is -2.36. The molecule has 1 aromatic carbocycles. The number of hydrogen-bond acceptors (Lipinski definition) is 3. The summed E-state index contributed by atoms with van der Waals surface area (Å²) in [7, 11) is 1.80. The maximum atomic E-state index is 4.49. The number of aliphatic imine (C=N–C) groups is 1. The van der Waals surface area contributed by atoms with Crippen LogP contribution in [0.2, 0.25) is 0 Å². The summed E-state index contributed by atoms with van der Waals surface area (Å²) >= 11 is 0. The third-order valence-corrected chi connectivity index (χ3v) is 4.53. The predicted molar refractivity (Wildman–Crippen MR) is 128 cm³/mol. The summed E-state index contributed by atoms with van der Waals surface area (Å²) in [5, 5.41) is 15.6. The number of aryl methyl sites for hydroxylation is 3. The van der Waals surface area contributed by atoms with E-state index < -0.39 is 0 Å². The summed E-state index contributed by atoms with van der Waals surface area (Å²) in [5.41, 5.74) is 4.53. The highest BCUT2D eigenvalue weighted by Gasteiger charge is 2.03. The SMILES string of the molecule is CN=C(NCCCn1nc(C)cc1C)NCCc1cnn(-c2ccccc2)c1.I. The second-order valence-corrected chi connectivity index (χ2v) is 6.81. The molecule has 2 N–H and O–H groups in total. The molecular weight excluding hydrogens is 477 g/mol. The molecule has 0 aliphatic carbocycles. The monoisotopic (exact) mass is 507 g/mol. The minimum Gasteiger partial charge on any atom is -0.356 e. The van der Waals surface area contributed by atoms with Crippen molar-refractivity contribution >= 4 is 29.9 Å². The molecule has 2 heterocycles. The van der Waals surface area contributed by atoms with Gasteiger partial charge in [-0.05, 0) is 50.5 Å². The third kappa shape index (κ3) is 6.88. The van der Waals surface area contributed by atoms with Gasteiger partial charge >= 0.3 is 0 Å². The molecule has 7 nitrogen and oxygen atoms in total. The molecule has 0 amide bonds. The number of benzene rings is 1. The van der Waals surface area contributed by atoms with Crippen LogP contribution in [0.3, 0.4) is 0 Å². The lowest BCUT2D eigenvalue weighted by Crippen LogP contribution is -2.39. The minimum absolute atomic E-state index is 0.